The van der Waals surface area contributed by atoms with Crippen LogP contribution in [-0.2, 0) is 9.47 Å². The first-order valence-electron chi connectivity index (χ1n) is 10.2. The van der Waals surface area contributed by atoms with Crippen LogP contribution in [0.25, 0.3) is 0 Å². The number of hydrogen-bond acceptors (Lipinski definition) is 7. The number of benzene rings is 2. The molecule has 2 heterocycles. The van der Waals surface area contributed by atoms with E-state index in [9.17, 15) is 4.39 Å². The number of nitrogens with zero attached hydrogens (tertiary/aromatic N) is 2. The third-order valence-electron chi connectivity index (χ3n) is 4.74. The molecular weight excluding hydrogens is 479 g/mol. The molecule has 0 saturated carbocycles. The lowest BCUT2D eigenvalue weighted by atomic mass is 10.2. The van der Waals surface area contributed by atoms with E-state index < -0.39 is 5.79 Å². The molecule has 7 nitrogen and oxygen atoms in total. The van der Waals surface area contributed by atoms with E-state index in [0.29, 0.717) is 29.5 Å². The summed E-state index contributed by atoms with van der Waals surface area (Å²) in [5.74, 6) is 0.864. The number of ether oxygens (including phenoxy) is 3. The summed E-state index contributed by atoms with van der Waals surface area (Å²) in [4.78, 5) is 8.78. The van der Waals surface area contributed by atoms with Gasteiger partial charge in [-0.25, -0.2) is 9.37 Å². The summed E-state index contributed by atoms with van der Waals surface area (Å²) < 4.78 is 31.1. The summed E-state index contributed by atoms with van der Waals surface area (Å²) in [6.45, 7) is 4.94. The lowest BCUT2D eigenvalue weighted by Crippen LogP contribution is -2.42. The summed E-state index contributed by atoms with van der Waals surface area (Å²) in [6, 6.07) is 13.6. The van der Waals surface area contributed by atoms with Crippen molar-refractivity contribution in [2.24, 2.45) is 0 Å². The summed E-state index contributed by atoms with van der Waals surface area (Å²) in [5.41, 5.74) is 1.53. The van der Waals surface area contributed by atoms with Crippen LogP contribution in [0.3, 0.4) is 0 Å². The summed E-state index contributed by atoms with van der Waals surface area (Å²) in [5, 5.41) is 6.31. The Morgan fingerprint density at radius 1 is 1.09 bits per heavy atom. The second-order valence-corrected chi connectivity index (χ2v) is 8.61. The van der Waals surface area contributed by atoms with Crippen LogP contribution in [0.4, 0.5) is 27.5 Å². The van der Waals surface area contributed by atoms with Crippen molar-refractivity contribution in [3.63, 3.8) is 0 Å². The first kappa shape index (κ1) is 22.4. The Balaban J connectivity index is 1.35. The monoisotopic (exact) mass is 502 g/mol. The van der Waals surface area contributed by atoms with Crippen LogP contribution < -0.4 is 15.4 Å². The van der Waals surface area contributed by atoms with E-state index in [1.807, 2.05) is 38.1 Å². The first-order chi connectivity index (χ1) is 15.4. The van der Waals surface area contributed by atoms with Crippen molar-refractivity contribution >= 4 is 39.1 Å². The maximum atomic E-state index is 13.1. The van der Waals surface area contributed by atoms with Crippen molar-refractivity contribution in [2.45, 2.75) is 32.2 Å². The highest BCUT2D eigenvalue weighted by atomic mass is 79.9. The van der Waals surface area contributed by atoms with Gasteiger partial charge in [0.25, 0.3) is 0 Å². The van der Waals surface area contributed by atoms with E-state index in [-0.39, 0.29) is 11.9 Å². The van der Waals surface area contributed by atoms with Crippen molar-refractivity contribution in [3.05, 3.63) is 65.0 Å². The van der Waals surface area contributed by atoms with Gasteiger partial charge in [-0.05, 0) is 78.3 Å². The average molecular weight is 503 g/mol. The highest BCUT2D eigenvalue weighted by Gasteiger charge is 2.29. The fourth-order valence-electron chi connectivity index (χ4n) is 3.19. The smallest absolute Gasteiger partial charge is 0.229 e. The van der Waals surface area contributed by atoms with Gasteiger partial charge in [0.1, 0.15) is 24.0 Å². The molecule has 32 heavy (non-hydrogen) atoms. The van der Waals surface area contributed by atoms with E-state index in [4.69, 9.17) is 14.2 Å². The largest absolute Gasteiger partial charge is 0.491 e. The van der Waals surface area contributed by atoms with Crippen molar-refractivity contribution in [1.82, 2.24) is 9.97 Å². The SMILES string of the molecule is CC1(C)OCCC(COc2ccc(Nc3ncc(Br)c(Nc4ccc(F)cc4)n3)cc2)O1. The molecule has 0 bridgehead atoms. The molecule has 0 radical (unpaired) electrons. The van der Waals surface area contributed by atoms with E-state index in [1.54, 1.807) is 18.3 Å². The third kappa shape index (κ3) is 6.15. The minimum absolute atomic E-state index is 0.000236. The van der Waals surface area contributed by atoms with Gasteiger partial charge < -0.3 is 24.8 Å². The maximum Gasteiger partial charge on any atom is 0.229 e. The summed E-state index contributed by atoms with van der Waals surface area (Å²) in [7, 11) is 0. The zero-order valence-electron chi connectivity index (χ0n) is 17.8. The van der Waals surface area contributed by atoms with Gasteiger partial charge in [-0.3, -0.25) is 0 Å². The standard InChI is InChI=1S/C23H24BrFN4O3/c1-23(2)31-12-11-19(32-23)14-30-18-9-7-17(8-10-18)28-22-26-13-20(24)21(29-22)27-16-5-3-15(25)4-6-16/h3-10,13,19H,11-12,14H2,1-2H3,(H2,26,27,28,29). The molecule has 1 saturated heterocycles. The zero-order chi connectivity index (χ0) is 22.6. The molecular formula is C23H24BrFN4O3. The van der Waals surface area contributed by atoms with Gasteiger partial charge in [0.2, 0.25) is 5.95 Å². The number of halogens is 2. The molecule has 1 unspecified atom stereocenters. The fourth-order valence-corrected chi connectivity index (χ4v) is 3.48. The molecule has 9 heteroatoms. The average Bonchev–Trinajstić information content (AvgIpc) is 2.76. The summed E-state index contributed by atoms with van der Waals surface area (Å²) in [6.07, 6.45) is 2.45. The molecule has 0 aliphatic carbocycles. The zero-order valence-corrected chi connectivity index (χ0v) is 19.4. The van der Waals surface area contributed by atoms with Crippen molar-refractivity contribution < 1.29 is 18.6 Å². The number of aromatic nitrogens is 2. The lowest BCUT2D eigenvalue weighted by molar-refractivity contribution is -0.276. The van der Waals surface area contributed by atoms with E-state index >= 15 is 0 Å². The number of nitrogens with one attached hydrogen (secondary N) is 2. The van der Waals surface area contributed by atoms with Crippen LogP contribution in [-0.4, -0.2) is 35.1 Å². The molecule has 0 amide bonds. The van der Waals surface area contributed by atoms with E-state index in [2.05, 4.69) is 36.5 Å². The second kappa shape index (κ2) is 9.81. The molecule has 1 aliphatic heterocycles. The van der Waals surface area contributed by atoms with Gasteiger partial charge >= 0.3 is 0 Å². The van der Waals surface area contributed by atoms with Gasteiger partial charge in [-0.15, -0.1) is 0 Å². The molecule has 2 aromatic carbocycles. The number of rotatable bonds is 7. The number of hydrogen-bond donors (Lipinski definition) is 2. The van der Waals surface area contributed by atoms with Gasteiger partial charge in [0.15, 0.2) is 5.79 Å². The van der Waals surface area contributed by atoms with Crippen molar-refractivity contribution in [1.29, 1.82) is 0 Å². The van der Waals surface area contributed by atoms with Crippen LogP contribution in [0.5, 0.6) is 5.75 Å². The van der Waals surface area contributed by atoms with Crippen LogP contribution >= 0.6 is 15.9 Å². The lowest BCUT2D eigenvalue weighted by Gasteiger charge is -2.35. The van der Waals surface area contributed by atoms with Crippen LogP contribution in [0.1, 0.15) is 20.3 Å². The Labute approximate surface area is 194 Å². The molecule has 4 rings (SSSR count). The Morgan fingerprint density at radius 3 is 2.50 bits per heavy atom. The molecule has 168 valence electrons. The van der Waals surface area contributed by atoms with Gasteiger partial charge in [-0.1, -0.05) is 0 Å². The van der Waals surface area contributed by atoms with Gasteiger partial charge in [0.05, 0.1) is 17.2 Å². The van der Waals surface area contributed by atoms with Crippen molar-refractivity contribution in [2.75, 3.05) is 23.8 Å². The Bertz CT molecular complexity index is 1050. The minimum atomic E-state index is -0.574. The molecule has 2 N–H and O–H groups in total. The molecule has 0 spiro atoms. The molecule has 1 aromatic heterocycles. The Kier molecular flexibility index (Phi) is 6.88. The second-order valence-electron chi connectivity index (χ2n) is 7.76. The third-order valence-corrected chi connectivity index (χ3v) is 5.32. The molecule has 1 aliphatic rings. The van der Waals surface area contributed by atoms with Crippen LogP contribution in [0, 0.1) is 5.82 Å². The highest BCUT2D eigenvalue weighted by molar-refractivity contribution is 9.10. The first-order valence-corrected chi connectivity index (χ1v) is 11.0. The highest BCUT2D eigenvalue weighted by Crippen LogP contribution is 2.27. The van der Waals surface area contributed by atoms with Gasteiger partial charge in [-0.2, -0.15) is 4.98 Å². The van der Waals surface area contributed by atoms with Gasteiger partial charge in [0, 0.05) is 24.0 Å². The Morgan fingerprint density at radius 2 is 1.78 bits per heavy atom. The van der Waals surface area contributed by atoms with E-state index in [0.717, 1.165) is 23.5 Å². The normalized spacial score (nSPS) is 17.6. The van der Waals surface area contributed by atoms with Crippen LogP contribution in [0.15, 0.2) is 59.2 Å². The molecule has 1 atom stereocenters. The maximum absolute atomic E-state index is 13.1. The summed E-state index contributed by atoms with van der Waals surface area (Å²) >= 11 is 3.43. The predicted molar refractivity (Wildman–Crippen MR) is 124 cm³/mol. The topological polar surface area (TPSA) is 77.5 Å². The van der Waals surface area contributed by atoms with Crippen molar-refractivity contribution in [3.8, 4) is 5.75 Å². The fraction of sp³-hybridized carbons (Fsp3) is 0.304. The predicted octanol–water partition coefficient (Wildman–Crippen LogP) is 5.79. The number of anilines is 4. The quantitative estimate of drug-likeness (QED) is 0.423. The Hall–Kier alpha value is -2.75. The molecule has 3 aromatic rings. The molecule has 1 fully saturated rings. The van der Waals surface area contributed by atoms with E-state index in [1.165, 1.54) is 12.1 Å². The van der Waals surface area contributed by atoms with Crippen LogP contribution in [0.2, 0.25) is 0 Å². The minimum Gasteiger partial charge on any atom is -0.491 e.